The van der Waals surface area contributed by atoms with Crippen molar-refractivity contribution in [3.8, 4) is 0 Å². The van der Waals surface area contributed by atoms with Crippen molar-refractivity contribution < 1.29 is 48.0 Å². The van der Waals surface area contributed by atoms with Gasteiger partial charge in [0.15, 0.2) is 17.7 Å². The molecule has 1 fully saturated rings. The van der Waals surface area contributed by atoms with Crippen molar-refractivity contribution in [3.05, 3.63) is 77.4 Å². The van der Waals surface area contributed by atoms with Crippen molar-refractivity contribution >= 4 is 35.1 Å². The lowest BCUT2D eigenvalue weighted by molar-refractivity contribution is -0.158. The Bertz CT molecular complexity index is 1360. The number of hydrogen-bond donors (Lipinski definition) is 1. The molecule has 1 aliphatic rings. The van der Waals surface area contributed by atoms with Crippen molar-refractivity contribution in [2.45, 2.75) is 52.2 Å². The van der Waals surface area contributed by atoms with E-state index in [4.69, 9.17) is 24.1 Å². The first-order valence-corrected chi connectivity index (χ1v) is 15.0. The Morgan fingerprint density at radius 1 is 1.02 bits per heavy atom. The summed E-state index contributed by atoms with van der Waals surface area (Å²) in [5.74, 6) is -3.87. The highest BCUT2D eigenvalue weighted by Crippen LogP contribution is 2.25. The van der Waals surface area contributed by atoms with Gasteiger partial charge in [-0.3, -0.25) is 19.2 Å². The summed E-state index contributed by atoms with van der Waals surface area (Å²) in [5.41, 5.74) is 2.36. The van der Waals surface area contributed by atoms with Gasteiger partial charge >= 0.3 is 12.1 Å². The Morgan fingerprint density at radius 2 is 1.73 bits per heavy atom. The summed E-state index contributed by atoms with van der Waals surface area (Å²) < 4.78 is 21.1. The van der Waals surface area contributed by atoms with Crippen LogP contribution in [-0.4, -0.2) is 91.3 Å². The van der Waals surface area contributed by atoms with E-state index in [0.29, 0.717) is 31.6 Å². The van der Waals surface area contributed by atoms with Crippen LogP contribution in [0.3, 0.4) is 0 Å². The number of imide groups is 1. The fourth-order valence-electron chi connectivity index (χ4n) is 4.92. The van der Waals surface area contributed by atoms with Gasteiger partial charge in [0, 0.05) is 25.5 Å². The van der Waals surface area contributed by atoms with Crippen molar-refractivity contribution in [2.24, 2.45) is 5.92 Å². The molecule has 2 aromatic carbocycles. The molecule has 1 saturated heterocycles. The normalized spacial score (nSPS) is 16.2. The molecule has 3 atom stereocenters. The van der Waals surface area contributed by atoms with Gasteiger partial charge in [-0.15, -0.1) is 0 Å². The van der Waals surface area contributed by atoms with Gasteiger partial charge in [0.05, 0.1) is 38.4 Å². The van der Waals surface area contributed by atoms with E-state index in [2.05, 4.69) is 0 Å². The van der Waals surface area contributed by atoms with Gasteiger partial charge in [-0.1, -0.05) is 60.2 Å². The highest BCUT2D eigenvalue weighted by Gasteiger charge is 2.43. The number of carbonyl (C=O) groups excluding carboxylic acids is 5. The highest BCUT2D eigenvalue weighted by atomic mass is 16.6. The molecule has 45 heavy (non-hydrogen) atoms. The molecule has 242 valence electrons. The highest BCUT2D eigenvalue weighted by molar-refractivity contribution is 6.25. The molecule has 0 radical (unpaired) electrons. The summed E-state index contributed by atoms with van der Waals surface area (Å²) in [4.78, 5) is 66.5. The van der Waals surface area contributed by atoms with Crippen molar-refractivity contribution in [2.75, 3.05) is 39.6 Å². The van der Waals surface area contributed by atoms with Crippen LogP contribution in [0.1, 0.15) is 43.4 Å². The number of benzene rings is 2. The third kappa shape index (κ3) is 10.7. The maximum Gasteiger partial charge on any atom is 0.416 e. The minimum absolute atomic E-state index is 0.0102. The second kappa shape index (κ2) is 17.9. The number of carbonyl (C=O) groups is 5. The number of allylic oxidation sites excluding steroid dienone is 1. The molecule has 2 amide bonds. The Morgan fingerprint density at radius 3 is 2.40 bits per heavy atom. The third-order valence-corrected chi connectivity index (χ3v) is 7.15. The van der Waals surface area contributed by atoms with E-state index in [1.807, 2.05) is 43.3 Å². The lowest BCUT2D eigenvalue weighted by Crippen LogP contribution is -2.48. The van der Waals surface area contributed by atoms with E-state index in [-0.39, 0.29) is 44.2 Å². The molecular weight excluding hydrogens is 582 g/mol. The fourth-order valence-corrected chi connectivity index (χ4v) is 4.92. The lowest BCUT2D eigenvalue weighted by atomic mass is 9.92. The van der Waals surface area contributed by atoms with E-state index in [0.717, 1.165) is 29.0 Å². The summed E-state index contributed by atoms with van der Waals surface area (Å²) in [5, 5.41) is 8.75. The van der Waals surface area contributed by atoms with Gasteiger partial charge in [-0.2, -0.15) is 0 Å². The standard InChI is InChI=1S/C34H41NO10/c1-23-9-7-12-27(19-23)29(30(38)13-8-15-42-17-18-43-16-14-36)21-31(39)32(45-25(3)37)24(2)33(40)35-28(22-44-34(35)41)20-26-10-5-4-6-11-26/h4-7,9-12,19,21,24,28,32,36H,8,13-18,20,22H2,1-3H3/t24-,28-,32-/m1/s1. The molecule has 2 aromatic rings. The monoisotopic (exact) mass is 623 g/mol. The van der Waals surface area contributed by atoms with E-state index in [1.54, 1.807) is 18.2 Å². The number of cyclic esters (lactones) is 1. The fraction of sp³-hybridized carbons (Fsp3) is 0.441. The maximum atomic E-state index is 13.7. The van der Waals surface area contributed by atoms with E-state index in [1.165, 1.54) is 6.92 Å². The third-order valence-electron chi connectivity index (χ3n) is 7.15. The minimum Gasteiger partial charge on any atom is -0.453 e. The summed E-state index contributed by atoms with van der Waals surface area (Å²) in [6.45, 7) is 5.40. The number of Topliss-reactive ketones (excluding diaryl/α,β-unsaturated/α-hetero) is 1. The average Bonchev–Trinajstić information content (AvgIpc) is 3.38. The molecule has 1 aliphatic heterocycles. The SMILES string of the molecule is CC(=O)O[C@@H](C(=O)C=C(C(=O)CCCOCCOCCO)c1cccc(C)c1)[C@@H](C)C(=O)N1C(=O)OC[C@H]1Cc1ccccc1. The number of ether oxygens (including phenoxy) is 4. The van der Waals surface area contributed by atoms with E-state index < -0.39 is 41.8 Å². The van der Waals surface area contributed by atoms with Gasteiger partial charge < -0.3 is 24.1 Å². The van der Waals surface area contributed by atoms with Crippen LogP contribution in [0.4, 0.5) is 4.79 Å². The molecule has 0 spiro atoms. The molecule has 0 aliphatic carbocycles. The first-order valence-electron chi connectivity index (χ1n) is 15.0. The zero-order chi connectivity index (χ0) is 32.8. The first-order chi connectivity index (χ1) is 21.6. The molecule has 0 bridgehead atoms. The molecule has 11 heteroatoms. The number of aryl methyl sites for hydroxylation is 1. The second-order valence-electron chi connectivity index (χ2n) is 10.8. The van der Waals surface area contributed by atoms with Crippen LogP contribution in [0.25, 0.3) is 5.57 Å². The summed E-state index contributed by atoms with van der Waals surface area (Å²) in [6, 6.07) is 15.7. The number of aliphatic hydroxyl groups is 1. The van der Waals surface area contributed by atoms with Crippen molar-refractivity contribution in [1.82, 2.24) is 4.90 Å². The number of amides is 2. The second-order valence-corrected chi connectivity index (χ2v) is 10.8. The Kier molecular flexibility index (Phi) is 14.1. The van der Waals surface area contributed by atoms with Gasteiger partial charge in [0.2, 0.25) is 5.91 Å². The maximum absolute atomic E-state index is 13.7. The quantitative estimate of drug-likeness (QED) is 0.149. The van der Waals surface area contributed by atoms with Crippen LogP contribution >= 0.6 is 0 Å². The molecule has 11 nitrogen and oxygen atoms in total. The van der Waals surface area contributed by atoms with Crippen molar-refractivity contribution in [1.29, 1.82) is 0 Å². The molecule has 0 aromatic heterocycles. The summed E-state index contributed by atoms with van der Waals surface area (Å²) in [7, 11) is 0. The van der Waals surface area contributed by atoms with Crippen molar-refractivity contribution in [3.63, 3.8) is 0 Å². The lowest BCUT2D eigenvalue weighted by Gasteiger charge is -2.26. The number of hydrogen-bond acceptors (Lipinski definition) is 10. The first kappa shape index (κ1) is 35.3. The van der Waals surface area contributed by atoms with Crippen LogP contribution in [0, 0.1) is 12.8 Å². The number of nitrogens with zero attached hydrogens (tertiary/aromatic N) is 1. The Labute approximate surface area is 263 Å². The number of esters is 1. The molecule has 3 rings (SSSR count). The number of aliphatic hydroxyl groups excluding tert-OH is 1. The van der Waals surface area contributed by atoms with E-state index >= 15 is 0 Å². The average molecular weight is 624 g/mol. The minimum atomic E-state index is -1.59. The van der Waals surface area contributed by atoms with Gasteiger partial charge in [-0.25, -0.2) is 9.69 Å². The van der Waals surface area contributed by atoms with Crippen LogP contribution in [0.2, 0.25) is 0 Å². The van der Waals surface area contributed by atoms with Crippen LogP contribution < -0.4 is 0 Å². The number of rotatable bonds is 18. The van der Waals surface area contributed by atoms with Gasteiger partial charge in [-0.05, 0) is 43.9 Å². The molecule has 0 unspecified atom stereocenters. The molecule has 1 N–H and O–H groups in total. The predicted molar refractivity (Wildman–Crippen MR) is 164 cm³/mol. The Balaban J connectivity index is 1.80. The smallest absolute Gasteiger partial charge is 0.416 e. The summed E-state index contributed by atoms with van der Waals surface area (Å²) >= 11 is 0. The van der Waals surface area contributed by atoms with Crippen LogP contribution in [0.5, 0.6) is 0 Å². The van der Waals surface area contributed by atoms with E-state index in [9.17, 15) is 24.0 Å². The van der Waals surface area contributed by atoms with Gasteiger partial charge in [0.25, 0.3) is 0 Å². The summed E-state index contributed by atoms with van der Waals surface area (Å²) in [6.07, 6.45) is -0.522. The molecule has 0 saturated carbocycles. The molecule has 1 heterocycles. The molecular formula is C34H41NO10. The zero-order valence-electron chi connectivity index (χ0n) is 25.9. The van der Waals surface area contributed by atoms with Crippen LogP contribution in [-0.2, 0) is 44.5 Å². The van der Waals surface area contributed by atoms with Crippen LogP contribution in [0.15, 0.2) is 60.7 Å². The predicted octanol–water partition coefficient (Wildman–Crippen LogP) is 3.48. The van der Waals surface area contributed by atoms with Gasteiger partial charge in [0.1, 0.15) is 6.61 Å². The largest absolute Gasteiger partial charge is 0.453 e. The topological polar surface area (TPSA) is 146 Å². The zero-order valence-corrected chi connectivity index (χ0v) is 25.9. The Hall–Kier alpha value is -4.19. The number of ketones is 2.